The van der Waals surface area contributed by atoms with Gasteiger partial charge in [0.15, 0.2) is 0 Å². The van der Waals surface area contributed by atoms with Crippen LogP contribution in [0.1, 0.15) is 72.0 Å². The Labute approximate surface area is 207 Å². The maximum atomic E-state index is 14.5. The molecule has 1 aliphatic carbocycles. The van der Waals surface area contributed by atoms with Gasteiger partial charge in [0.25, 0.3) is 0 Å². The summed E-state index contributed by atoms with van der Waals surface area (Å²) in [6, 6.07) is 11.5. The minimum absolute atomic E-state index is 0.0377. The van der Waals surface area contributed by atoms with Gasteiger partial charge in [0.05, 0.1) is 29.5 Å². The van der Waals surface area contributed by atoms with Crippen LogP contribution in [-0.4, -0.2) is 48.0 Å². The highest BCUT2D eigenvalue weighted by Gasteiger charge is 2.58. The molecule has 0 bridgehead atoms. The molecule has 6 heteroatoms. The molecule has 1 saturated carbocycles. The Hall–Kier alpha value is -1.76. The molecule has 0 radical (unpaired) electrons. The lowest BCUT2D eigenvalue weighted by atomic mass is 9.71. The summed E-state index contributed by atoms with van der Waals surface area (Å²) in [6.45, 7) is 7.00. The predicted molar refractivity (Wildman–Crippen MR) is 135 cm³/mol. The molecule has 4 atom stereocenters. The molecule has 1 amide bonds. The SMILES string of the molecule is Cc1nc2c(s1)[C@]1(C[NH2+]C2)C[NH2+]C[C@H]1C(=O)N1CC[C@@H](c2ccccc2)C[C@H]1C1CCCCC1. The highest BCUT2D eigenvalue weighted by atomic mass is 32.1. The van der Waals surface area contributed by atoms with Crippen LogP contribution in [0, 0.1) is 18.8 Å². The first kappa shape index (κ1) is 22.7. The topological polar surface area (TPSA) is 66.4 Å². The Morgan fingerprint density at radius 1 is 1.09 bits per heavy atom. The van der Waals surface area contributed by atoms with E-state index in [1.165, 1.54) is 48.2 Å². The lowest BCUT2D eigenvalue weighted by Gasteiger charge is -2.46. The molecule has 182 valence electrons. The van der Waals surface area contributed by atoms with Gasteiger partial charge < -0.3 is 15.5 Å². The number of nitrogens with two attached hydrogens (primary N) is 2. The second-order valence-corrected chi connectivity index (χ2v) is 12.5. The summed E-state index contributed by atoms with van der Waals surface area (Å²) in [6.07, 6.45) is 8.86. The number of aromatic nitrogens is 1. The standard InChI is InChI=1S/C28H38N4OS/c1-19-31-24-16-30-18-28(26(24)34-19)17-29-15-23(28)27(33)32-13-12-22(20-8-4-2-5-9-20)14-25(32)21-10-6-3-7-11-21/h2,4-5,8-9,21-23,25,29-30H,3,6-7,10-18H2,1H3/p+2/t22-,23+,25+,28+/m1/s1. The fourth-order valence-corrected chi connectivity index (χ4v) is 8.92. The highest BCUT2D eigenvalue weighted by molar-refractivity contribution is 7.11. The van der Waals surface area contributed by atoms with Crippen LogP contribution in [0.25, 0.3) is 0 Å². The van der Waals surface area contributed by atoms with Crippen molar-refractivity contribution in [3.8, 4) is 0 Å². The van der Waals surface area contributed by atoms with Crippen LogP contribution in [0.5, 0.6) is 0 Å². The molecular weight excluding hydrogens is 440 g/mol. The third kappa shape index (κ3) is 3.92. The van der Waals surface area contributed by atoms with E-state index in [1.54, 1.807) is 0 Å². The Balaban J connectivity index is 1.30. The van der Waals surface area contributed by atoms with E-state index in [-0.39, 0.29) is 11.3 Å². The third-order valence-corrected chi connectivity index (χ3v) is 10.6. The molecule has 1 aromatic carbocycles. The summed E-state index contributed by atoms with van der Waals surface area (Å²) < 4.78 is 0. The lowest BCUT2D eigenvalue weighted by Crippen LogP contribution is -2.91. The Morgan fingerprint density at radius 2 is 1.88 bits per heavy atom. The van der Waals surface area contributed by atoms with Crippen LogP contribution in [0.3, 0.4) is 0 Å². The van der Waals surface area contributed by atoms with Crippen LogP contribution in [0.2, 0.25) is 0 Å². The van der Waals surface area contributed by atoms with E-state index in [1.807, 2.05) is 11.3 Å². The third-order valence-electron chi connectivity index (χ3n) is 9.37. The summed E-state index contributed by atoms with van der Waals surface area (Å²) in [5.74, 6) is 1.79. The number of nitrogens with zero attached hydrogens (tertiary/aromatic N) is 2. The summed E-state index contributed by atoms with van der Waals surface area (Å²) in [5.41, 5.74) is 2.67. The molecule has 1 spiro atoms. The number of hydrogen-bond acceptors (Lipinski definition) is 3. The van der Waals surface area contributed by atoms with Gasteiger partial charge in [-0.1, -0.05) is 49.6 Å². The van der Waals surface area contributed by atoms with Crippen LogP contribution >= 0.6 is 11.3 Å². The summed E-state index contributed by atoms with van der Waals surface area (Å²) in [7, 11) is 0. The van der Waals surface area contributed by atoms with Gasteiger partial charge in [-0.3, -0.25) is 4.79 Å². The van der Waals surface area contributed by atoms with E-state index >= 15 is 0 Å². The normalized spacial score (nSPS) is 32.1. The molecule has 5 nitrogen and oxygen atoms in total. The number of quaternary nitrogens is 2. The van der Waals surface area contributed by atoms with Crippen molar-refractivity contribution in [1.29, 1.82) is 0 Å². The van der Waals surface area contributed by atoms with Crippen molar-refractivity contribution >= 4 is 17.2 Å². The van der Waals surface area contributed by atoms with Crippen molar-refractivity contribution < 1.29 is 15.4 Å². The second-order valence-electron chi connectivity index (χ2n) is 11.3. The number of piperidine rings is 1. The van der Waals surface area contributed by atoms with E-state index in [9.17, 15) is 4.79 Å². The lowest BCUT2D eigenvalue weighted by molar-refractivity contribution is -0.691. The highest BCUT2D eigenvalue weighted by Crippen LogP contribution is 2.44. The van der Waals surface area contributed by atoms with Gasteiger partial charge in [-0.15, -0.1) is 11.3 Å². The van der Waals surface area contributed by atoms with Crippen molar-refractivity contribution in [3.05, 3.63) is 51.5 Å². The molecule has 2 aromatic rings. The number of carbonyl (C=O) groups excluding carboxylic acids is 1. The van der Waals surface area contributed by atoms with Gasteiger partial charge in [-0.2, -0.15) is 0 Å². The fraction of sp³-hybridized carbons (Fsp3) is 0.643. The van der Waals surface area contributed by atoms with Crippen molar-refractivity contribution in [1.82, 2.24) is 9.88 Å². The van der Waals surface area contributed by atoms with Gasteiger partial charge in [0.2, 0.25) is 5.91 Å². The largest absolute Gasteiger partial charge is 0.345 e. The molecule has 6 rings (SSSR count). The molecule has 1 aromatic heterocycles. The Kier molecular flexibility index (Phi) is 6.25. The number of rotatable bonds is 3. The van der Waals surface area contributed by atoms with Gasteiger partial charge >= 0.3 is 0 Å². The summed E-state index contributed by atoms with van der Waals surface area (Å²) in [5, 5.41) is 5.97. The maximum absolute atomic E-state index is 14.5. The molecule has 4 N–H and O–H groups in total. The average molecular weight is 481 g/mol. The molecule has 2 saturated heterocycles. The number of carbonyl (C=O) groups is 1. The molecule has 3 aliphatic heterocycles. The van der Waals surface area contributed by atoms with Crippen molar-refractivity contribution in [2.45, 2.75) is 75.8 Å². The van der Waals surface area contributed by atoms with Gasteiger partial charge in [0.1, 0.15) is 23.6 Å². The van der Waals surface area contributed by atoms with Crippen LogP contribution in [-0.2, 0) is 16.8 Å². The Bertz CT molecular complexity index is 1020. The average Bonchev–Trinajstić information content (AvgIpc) is 3.48. The van der Waals surface area contributed by atoms with E-state index < -0.39 is 0 Å². The van der Waals surface area contributed by atoms with Crippen LogP contribution in [0.4, 0.5) is 0 Å². The number of benzene rings is 1. The minimum Gasteiger partial charge on any atom is -0.345 e. The van der Waals surface area contributed by atoms with Crippen LogP contribution in [0.15, 0.2) is 30.3 Å². The number of hydrogen-bond donors (Lipinski definition) is 2. The maximum Gasteiger partial charge on any atom is 0.233 e. The first-order valence-electron chi connectivity index (χ1n) is 13.6. The predicted octanol–water partition coefficient (Wildman–Crippen LogP) is 2.31. The summed E-state index contributed by atoms with van der Waals surface area (Å²) >= 11 is 1.86. The van der Waals surface area contributed by atoms with E-state index in [4.69, 9.17) is 4.98 Å². The van der Waals surface area contributed by atoms with E-state index in [0.717, 1.165) is 50.6 Å². The molecule has 3 fully saturated rings. The first-order valence-corrected chi connectivity index (χ1v) is 14.4. The number of aryl methyl sites for hydroxylation is 1. The zero-order valence-corrected chi connectivity index (χ0v) is 21.4. The molecule has 4 aliphatic rings. The van der Waals surface area contributed by atoms with E-state index in [2.05, 4.69) is 52.8 Å². The first-order chi connectivity index (χ1) is 16.7. The fourth-order valence-electron chi connectivity index (χ4n) is 7.71. The van der Waals surface area contributed by atoms with Gasteiger partial charge in [-0.25, -0.2) is 4.98 Å². The minimum atomic E-state index is -0.0377. The quantitative estimate of drug-likeness (QED) is 0.708. The van der Waals surface area contributed by atoms with Crippen molar-refractivity contribution in [2.24, 2.45) is 11.8 Å². The smallest absolute Gasteiger partial charge is 0.233 e. The number of fused-ring (bicyclic) bond motifs is 2. The zero-order valence-electron chi connectivity index (χ0n) is 20.5. The number of amides is 1. The molecule has 0 unspecified atom stereocenters. The van der Waals surface area contributed by atoms with Gasteiger partial charge in [0, 0.05) is 12.6 Å². The monoisotopic (exact) mass is 480 g/mol. The molecular formula is C28H40N4OS+2. The Morgan fingerprint density at radius 3 is 2.71 bits per heavy atom. The van der Waals surface area contributed by atoms with Crippen LogP contribution < -0.4 is 10.6 Å². The van der Waals surface area contributed by atoms with Crippen molar-refractivity contribution in [2.75, 3.05) is 26.2 Å². The number of likely N-dealkylation sites (tertiary alicyclic amines) is 1. The zero-order chi connectivity index (χ0) is 23.1. The van der Waals surface area contributed by atoms with Crippen molar-refractivity contribution in [3.63, 3.8) is 0 Å². The summed E-state index contributed by atoms with van der Waals surface area (Å²) in [4.78, 5) is 23.1. The molecule has 34 heavy (non-hydrogen) atoms. The second kappa shape index (κ2) is 9.36. The van der Waals surface area contributed by atoms with Gasteiger partial charge in [-0.05, 0) is 50.0 Å². The number of thiazole rings is 1. The van der Waals surface area contributed by atoms with E-state index in [0.29, 0.717) is 23.8 Å². The molecule has 4 heterocycles.